The average Bonchev–Trinajstić information content (AvgIpc) is 1.76. The Labute approximate surface area is 612 Å². The summed E-state index contributed by atoms with van der Waals surface area (Å²) in [4.78, 5) is 191. The third-order valence-corrected chi connectivity index (χ3v) is 22.5. The summed E-state index contributed by atoms with van der Waals surface area (Å²) >= 11 is 6.17. The SMILES string of the molecule is CC[C@H](C)[C@@H]1NC(=O)[C@H](CC(C)C)N(C)C(=O)C[C@@H](C(=O)N2CCCCC2)N(C)C(=O)[C@H](C2CCCCC2)N(C)C(=O)C2(CCCC2)NC(=O)[C@H](CCOC)N(C)C(=O)[C@H](CCc2ccc(C(F)(F)F)c(Cl)c2)NC(=O)CN(C)C(=O)[C@H](CC2CCCCC2)N(C)C(=O)CN(C)C(=O)CN(C)C1=O. The molecule has 2 aliphatic heterocycles. The summed E-state index contributed by atoms with van der Waals surface area (Å²) < 4.78 is 47.2. The van der Waals surface area contributed by atoms with Crippen LogP contribution in [0.25, 0.3) is 0 Å². The Balaban J connectivity index is 1.46. The lowest BCUT2D eigenvalue weighted by Gasteiger charge is -2.43. The normalized spacial score (nSPS) is 26.0. The smallest absolute Gasteiger partial charge is 0.385 e. The van der Waals surface area contributed by atoms with E-state index in [0.29, 0.717) is 58.0 Å². The first-order valence-corrected chi connectivity index (χ1v) is 37.6. The molecule has 3 N–H and O–H groups in total. The van der Waals surface area contributed by atoms with E-state index in [4.69, 9.17) is 16.3 Å². The molecular formula is C74H116ClF3N12O13. The number of halogens is 4. The van der Waals surface area contributed by atoms with Crippen molar-refractivity contribution in [1.82, 2.24) is 60.0 Å². The third kappa shape index (κ3) is 22.5. The van der Waals surface area contributed by atoms with Gasteiger partial charge in [-0.15, -0.1) is 0 Å². The Kier molecular flexibility index (Phi) is 31.9. The molecule has 1 aromatic carbocycles. The van der Waals surface area contributed by atoms with Crippen LogP contribution in [0.2, 0.25) is 5.02 Å². The van der Waals surface area contributed by atoms with E-state index >= 15 is 28.8 Å². The van der Waals surface area contributed by atoms with E-state index < -0.39 is 173 Å². The maximum absolute atomic E-state index is 15.9. The van der Waals surface area contributed by atoms with Crippen molar-refractivity contribution >= 4 is 82.5 Å². The number of piperidine rings is 1. The molecule has 103 heavy (non-hydrogen) atoms. The van der Waals surface area contributed by atoms with Gasteiger partial charge in [0.1, 0.15) is 47.8 Å². The number of aryl methyl sites for hydroxylation is 1. The molecule has 29 heteroatoms. The van der Waals surface area contributed by atoms with Crippen LogP contribution in [0.5, 0.6) is 0 Å². The van der Waals surface area contributed by atoms with E-state index in [1.54, 1.807) is 11.8 Å². The van der Waals surface area contributed by atoms with Crippen molar-refractivity contribution < 1.29 is 75.4 Å². The van der Waals surface area contributed by atoms with Crippen LogP contribution in [0.15, 0.2) is 18.2 Å². The topological polar surface area (TPSA) is 279 Å². The number of methoxy groups -OCH3 is 1. The van der Waals surface area contributed by atoms with Crippen molar-refractivity contribution in [2.45, 2.75) is 236 Å². The number of carbonyl (C=O) groups is 12. The highest BCUT2D eigenvalue weighted by molar-refractivity contribution is 6.31. The second kappa shape index (κ2) is 38.8. The van der Waals surface area contributed by atoms with E-state index in [2.05, 4.69) is 16.0 Å². The fraction of sp³-hybridized carbons (Fsp3) is 0.757. The molecule has 2 heterocycles. The van der Waals surface area contributed by atoms with Crippen LogP contribution in [0.4, 0.5) is 13.2 Å². The number of benzene rings is 1. The molecule has 3 aliphatic carbocycles. The van der Waals surface area contributed by atoms with E-state index in [1.165, 1.54) is 89.2 Å². The molecule has 0 radical (unpaired) electrons. The molecule has 8 atom stereocenters. The first kappa shape index (κ1) is 84.8. The van der Waals surface area contributed by atoms with Crippen molar-refractivity contribution in [1.29, 1.82) is 0 Å². The van der Waals surface area contributed by atoms with Crippen molar-refractivity contribution in [3.63, 3.8) is 0 Å². The number of hydrogen-bond acceptors (Lipinski definition) is 13. The minimum Gasteiger partial charge on any atom is -0.385 e. The summed E-state index contributed by atoms with van der Waals surface area (Å²) in [5.41, 5.74) is -2.46. The number of alkyl halides is 3. The van der Waals surface area contributed by atoms with Crippen LogP contribution in [0.1, 0.15) is 187 Å². The van der Waals surface area contributed by atoms with E-state index in [9.17, 15) is 41.9 Å². The van der Waals surface area contributed by atoms with Crippen molar-refractivity contribution in [2.75, 3.05) is 103 Å². The molecule has 0 unspecified atom stereocenters. The number of carbonyl (C=O) groups excluding carboxylic acids is 12. The Bertz CT molecular complexity index is 3140. The summed E-state index contributed by atoms with van der Waals surface area (Å²) in [6, 6.07) is -5.97. The predicted molar refractivity (Wildman–Crippen MR) is 382 cm³/mol. The van der Waals surface area contributed by atoms with Gasteiger partial charge in [0.2, 0.25) is 70.9 Å². The highest BCUT2D eigenvalue weighted by Crippen LogP contribution is 2.38. The van der Waals surface area contributed by atoms with E-state index in [0.717, 1.165) is 89.5 Å². The standard InChI is InChI=1S/C74H116ClF3N12O13/c1-14-48(4)63-70(100)84(7)45-61(93)82(5)46-62(94)86(9)57(42-49-26-18-15-19-27-49)68(98)83(6)44-59(91)79-54(33-31-50-30-32-52(53(75)41-50)74(76,77)78)67(97)87(10)55(34-39-103-13)66(96)81-73(35-22-23-36-73)72(102)89(12)64(51-28-20-16-21-29-51)71(101)88(11)58(69(99)90-37-24-17-25-38-90)43-60(92)85(8)56(40-47(2)3)65(95)80-63/h30,32,41,47-49,51,54-58,63-64H,14-29,31,33-40,42-46H2,1-13H3,(H,79,91)(H,80,95)(H,81,96)/t48-,54-,55-,56-,57-,58-,63-,64-/m0/s1. The summed E-state index contributed by atoms with van der Waals surface area (Å²) in [5, 5.41) is 8.10. The average molecular weight is 1470 g/mol. The molecular weight excluding hydrogens is 1360 g/mol. The van der Waals surface area contributed by atoms with Crippen LogP contribution in [0.3, 0.4) is 0 Å². The zero-order valence-corrected chi connectivity index (χ0v) is 63.9. The highest BCUT2D eigenvalue weighted by atomic mass is 35.5. The molecule has 3 saturated carbocycles. The van der Waals surface area contributed by atoms with Crippen LogP contribution in [-0.2, 0) is 74.9 Å². The Morgan fingerprint density at radius 3 is 1.79 bits per heavy atom. The molecule has 0 bridgehead atoms. The van der Waals surface area contributed by atoms with Crippen LogP contribution >= 0.6 is 11.6 Å². The Morgan fingerprint density at radius 2 is 1.20 bits per heavy atom. The van der Waals surface area contributed by atoms with Gasteiger partial charge in [-0.3, -0.25) is 57.5 Å². The summed E-state index contributed by atoms with van der Waals surface area (Å²) in [6.07, 6.45) is 6.00. The van der Waals surface area contributed by atoms with E-state index in [-0.39, 0.29) is 69.0 Å². The molecule has 1 spiro atoms. The van der Waals surface area contributed by atoms with E-state index in [1.807, 2.05) is 20.8 Å². The molecule has 6 rings (SSSR count). The minimum atomic E-state index is -4.78. The van der Waals surface area contributed by atoms with Crippen molar-refractivity contribution in [3.8, 4) is 0 Å². The maximum atomic E-state index is 15.9. The fourth-order valence-corrected chi connectivity index (χ4v) is 15.8. The third-order valence-electron chi connectivity index (χ3n) is 22.2. The number of nitrogens with zero attached hydrogens (tertiary/aromatic N) is 9. The zero-order chi connectivity index (χ0) is 76.4. The van der Waals surface area contributed by atoms with Gasteiger partial charge in [-0.25, -0.2) is 0 Å². The number of rotatable bonds is 14. The number of amides is 12. The van der Waals surface area contributed by atoms with Crippen LogP contribution in [-0.4, -0.2) is 266 Å². The molecule has 2 saturated heterocycles. The lowest BCUT2D eigenvalue weighted by molar-refractivity contribution is -0.157. The molecule has 5 aliphatic rings. The summed E-state index contributed by atoms with van der Waals surface area (Å²) in [7, 11) is 12.7. The van der Waals surface area contributed by atoms with Gasteiger partial charge in [0.15, 0.2) is 0 Å². The van der Waals surface area contributed by atoms with Gasteiger partial charge in [-0.2, -0.15) is 13.2 Å². The molecule has 12 amide bonds. The zero-order valence-electron chi connectivity index (χ0n) is 63.1. The number of likely N-dealkylation sites (N-methyl/N-ethyl adjacent to an activating group) is 8. The predicted octanol–water partition coefficient (Wildman–Crippen LogP) is 6.30. The van der Waals surface area contributed by atoms with Gasteiger partial charge < -0.3 is 64.8 Å². The number of hydrogen-bond donors (Lipinski definition) is 3. The van der Waals surface area contributed by atoms with Gasteiger partial charge in [0.05, 0.1) is 36.6 Å². The largest absolute Gasteiger partial charge is 0.417 e. The second-order valence-electron chi connectivity index (χ2n) is 30.2. The molecule has 0 aromatic heterocycles. The minimum absolute atomic E-state index is 0.00429. The monoisotopic (exact) mass is 1470 g/mol. The first-order valence-electron chi connectivity index (χ1n) is 37.2. The van der Waals surface area contributed by atoms with Crippen molar-refractivity contribution in [2.24, 2.45) is 23.7 Å². The van der Waals surface area contributed by atoms with Crippen LogP contribution < -0.4 is 16.0 Å². The Morgan fingerprint density at radius 1 is 0.621 bits per heavy atom. The first-order chi connectivity index (χ1) is 48.6. The Hall–Kier alpha value is -7.10. The van der Waals surface area contributed by atoms with Crippen LogP contribution in [0, 0.1) is 23.7 Å². The van der Waals surface area contributed by atoms with Gasteiger partial charge in [-0.05, 0) is 112 Å². The number of ether oxygens (including phenoxy) is 1. The lowest BCUT2D eigenvalue weighted by atomic mass is 9.81. The second-order valence-corrected chi connectivity index (χ2v) is 30.6. The highest BCUT2D eigenvalue weighted by Gasteiger charge is 2.51. The molecule has 25 nitrogen and oxygen atoms in total. The molecule has 5 fully saturated rings. The number of nitrogens with one attached hydrogen (secondary N) is 3. The fourth-order valence-electron chi connectivity index (χ4n) is 15.5. The maximum Gasteiger partial charge on any atom is 0.417 e. The van der Waals surface area contributed by atoms with Crippen molar-refractivity contribution in [3.05, 3.63) is 34.3 Å². The van der Waals surface area contributed by atoms with Gasteiger partial charge >= 0.3 is 6.18 Å². The summed E-state index contributed by atoms with van der Waals surface area (Å²) in [6.45, 7) is 6.25. The quantitative estimate of drug-likeness (QED) is 0.185. The molecule has 1 aromatic rings. The van der Waals surface area contributed by atoms with Gasteiger partial charge in [0, 0.05) is 89.6 Å². The number of likely N-dealkylation sites (tertiary alicyclic amines) is 1. The van der Waals surface area contributed by atoms with Gasteiger partial charge in [0.25, 0.3) is 0 Å². The lowest BCUT2D eigenvalue weighted by Crippen LogP contribution is -2.65. The van der Waals surface area contributed by atoms with Gasteiger partial charge in [-0.1, -0.05) is 116 Å². The molecule has 578 valence electrons. The summed E-state index contributed by atoms with van der Waals surface area (Å²) in [5.74, 6) is -9.16.